The third kappa shape index (κ3) is 2.78. The Morgan fingerprint density at radius 1 is 1.12 bits per heavy atom. The van der Waals surface area contributed by atoms with E-state index < -0.39 is 0 Å². The number of ether oxygens (including phenoxy) is 1. The molecule has 6 heteroatoms. The van der Waals surface area contributed by atoms with Crippen molar-refractivity contribution in [2.75, 3.05) is 7.11 Å². The Labute approximate surface area is 143 Å². The van der Waals surface area contributed by atoms with Crippen molar-refractivity contribution < 1.29 is 4.74 Å². The molecule has 6 nitrogen and oxygen atoms in total. The van der Waals surface area contributed by atoms with Crippen molar-refractivity contribution in [2.45, 2.75) is 6.54 Å². The fourth-order valence-corrected chi connectivity index (χ4v) is 2.86. The first-order valence-electron chi connectivity index (χ1n) is 7.89. The highest BCUT2D eigenvalue weighted by Gasteiger charge is 2.17. The van der Waals surface area contributed by atoms with Crippen LogP contribution < -0.4 is 10.3 Å². The number of rotatable bonds is 4. The Hall–Kier alpha value is -3.41. The van der Waals surface area contributed by atoms with E-state index in [0.29, 0.717) is 29.0 Å². The molecule has 2 aromatic heterocycles. The number of nitrogens with zero attached hydrogens (tertiary/aromatic N) is 3. The van der Waals surface area contributed by atoms with Gasteiger partial charge in [-0.3, -0.25) is 4.79 Å². The number of methoxy groups -OCH3 is 1. The highest BCUT2D eigenvalue weighted by atomic mass is 16.5. The summed E-state index contributed by atoms with van der Waals surface area (Å²) in [6, 6.07) is 17.5. The zero-order valence-electron chi connectivity index (χ0n) is 13.6. The highest BCUT2D eigenvalue weighted by Crippen LogP contribution is 2.27. The van der Waals surface area contributed by atoms with Crippen molar-refractivity contribution in [1.82, 2.24) is 19.7 Å². The lowest BCUT2D eigenvalue weighted by atomic mass is 10.1. The summed E-state index contributed by atoms with van der Waals surface area (Å²) < 4.78 is 7.04. The molecule has 0 saturated carbocycles. The van der Waals surface area contributed by atoms with Crippen molar-refractivity contribution in [3.05, 3.63) is 76.8 Å². The van der Waals surface area contributed by atoms with Crippen molar-refractivity contribution >= 4 is 11.0 Å². The van der Waals surface area contributed by atoms with E-state index >= 15 is 0 Å². The first-order chi connectivity index (χ1) is 12.3. The van der Waals surface area contributed by atoms with Crippen molar-refractivity contribution in [2.24, 2.45) is 0 Å². The summed E-state index contributed by atoms with van der Waals surface area (Å²) in [6.07, 6.45) is 1.41. The van der Waals surface area contributed by atoms with Crippen molar-refractivity contribution in [3.8, 4) is 17.0 Å². The Morgan fingerprint density at radius 3 is 2.76 bits per heavy atom. The standard InChI is InChI=1S/C19H16N4O2/c1-25-15-9-5-8-14(10-15)17-16-18(20-12-21-19(16)24)23(22-17)11-13-6-3-2-4-7-13/h2-10,12H,11H2,1H3,(H,20,21,24). The normalized spacial score (nSPS) is 10.9. The van der Waals surface area contributed by atoms with Gasteiger partial charge in [0.15, 0.2) is 5.65 Å². The first kappa shape index (κ1) is 15.1. The molecule has 0 aliphatic carbocycles. The largest absolute Gasteiger partial charge is 0.497 e. The zero-order chi connectivity index (χ0) is 17.2. The van der Waals surface area contributed by atoms with E-state index in [1.807, 2.05) is 54.6 Å². The van der Waals surface area contributed by atoms with Crippen molar-refractivity contribution in [1.29, 1.82) is 0 Å². The lowest BCUT2D eigenvalue weighted by Gasteiger charge is -2.03. The molecular weight excluding hydrogens is 316 g/mol. The number of benzene rings is 2. The molecule has 0 saturated heterocycles. The average molecular weight is 332 g/mol. The maximum Gasteiger partial charge on any atom is 0.262 e. The number of H-pyrrole nitrogens is 1. The molecule has 0 aliphatic rings. The van der Waals surface area contributed by atoms with Crippen LogP contribution in [0.5, 0.6) is 5.75 Å². The van der Waals surface area contributed by atoms with Crippen LogP contribution in [0.25, 0.3) is 22.3 Å². The minimum Gasteiger partial charge on any atom is -0.497 e. The number of hydrogen-bond donors (Lipinski definition) is 1. The second kappa shape index (κ2) is 6.24. The van der Waals surface area contributed by atoms with E-state index in [1.54, 1.807) is 11.8 Å². The third-order valence-electron chi connectivity index (χ3n) is 4.05. The van der Waals surface area contributed by atoms with Gasteiger partial charge in [0.05, 0.1) is 20.0 Å². The summed E-state index contributed by atoms with van der Waals surface area (Å²) in [4.78, 5) is 19.4. The van der Waals surface area contributed by atoms with Gasteiger partial charge < -0.3 is 9.72 Å². The predicted octanol–water partition coefficient (Wildman–Crippen LogP) is 2.84. The summed E-state index contributed by atoms with van der Waals surface area (Å²) in [5.74, 6) is 0.712. The van der Waals surface area contributed by atoms with Gasteiger partial charge in [0, 0.05) is 5.56 Å². The van der Waals surface area contributed by atoms with Gasteiger partial charge >= 0.3 is 0 Å². The lowest BCUT2D eigenvalue weighted by Crippen LogP contribution is -2.08. The van der Waals surface area contributed by atoms with Gasteiger partial charge in [-0.05, 0) is 17.7 Å². The second-order valence-corrected chi connectivity index (χ2v) is 5.65. The predicted molar refractivity (Wildman–Crippen MR) is 95.7 cm³/mol. The molecule has 0 aliphatic heterocycles. The SMILES string of the molecule is COc1cccc(-c2nn(Cc3ccccc3)c3nc[nH]c(=O)c23)c1. The monoisotopic (exact) mass is 332 g/mol. The summed E-state index contributed by atoms with van der Waals surface area (Å²) >= 11 is 0. The summed E-state index contributed by atoms with van der Waals surface area (Å²) in [7, 11) is 1.61. The van der Waals surface area contributed by atoms with E-state index in [9.17, 15) is 4.79 Å². The topological polar surface area (TPSA) is 72.8 Å². The van der Waals surface area contributed by atoms with E-state index in [-0.39, 0.29) is 5.56 Å². The van der Waals surface area contributed by atoms with Gasteiger partial charge in [-0.25, -0.2) is 9.67 Å². The maximum absolute atomic E-state index is 12.4. The molecule has 1 N–H and O–H groups in total. The van der Waals surface area contributed by atoms with Crippen LogP contribution in [0.15, 0.2) is 65.7 Å². The summed E-state index contributed by atoms with van der Waals surface area (Å²) in [5, 5.41) is 5.15. The number of aromatic nitrogens is 4. The Kier molecular flexibility index (Phi) is 3.78. The molecule has 4 rings (SSSR count). The fourth-order valence-electron chi connectivity index (χ4n) is 2.86. The molecule has 0 fully saturated rings. The number of fused-ring (bicyclic) bond motifs is 1. The molecule has 2 heterocycles. The molecule has 0 radical (unpaired) electrons. The lowest BCUT2D eigenvalue weighted by molar-refractivity contribution is 0.415. The molecule has 0 amide bonds. The Balaban J connectivity index is 1.91. The van der Waals surface area contributed by atoms with E-state index in [2.05, 4.69) is 15.1 Å². The summed E-state index contributed by atoms with van der Waals surface area (Å²) in [6.45, 7) is 0.539. The second-order valence-electron chi connectivity index (χ2n) is 5.65. The van der Waals surface area contributed by atoms with E-state index in [4.69, 9.17) is 4.74 Å². The Morgan fingerprint density at radius 2 is 1.96 bits per heavy atom. The average Bonchev–Trinajstić information content (AvgIpc) is 3.03. The molecule has 25 heavy (non-hydrogen) atoms. The van der Waals surface area contributed by atoms with Gasteiger partial charge in [-0.15, -0.1) is 0 Å². The van der Waals surface area contributed by atoms with Gasteiger partial charge in [-0.1, -0.05) is 42.5 Å². The van der Waals surface area contributed by atoms with Gasteiger partial charge in [-0.2, -0.15) is 5.10 Å². The highest BCUT2D eigenvalue weighted by molar-refractivity contribution is 5.90. The van der Waals surface area contributed by atoms with Gasteiger partial charge in [0.1, 0.15) is 16.8 Å². The van der Waals surface area contributed by atoms with Crippen LogP contribution in [0.3, 0.4) is 0 Å². The number of nitrogens with one attached hydrogen (secondary N) is 1. The summed E-state index contributed by atoms with van der Waals surface area (Å²) in [5.41, 5.74) is 2.85. The number of hydrogen-bond acceptors (Lipinski definition) is 4. The minimum absolute atomic E-state index is 0.206. The fraction of sp³-hybridized carbons (Fsp3) is 0.105. The minimum atomic E-state index is -0.206. The van der Waals surface area contributed by atoms with Gasteiger partial charge in [0.25, 0.3) is 5.56 Å². The quantitative estimate of drug-likeness (QED) is 0.624. The van der Waals surface area contributed by atoms with Crippen LogP contribution in [-0.4, -0.2) is 26.9 Å². The zero-order valence-corrected chi connectivity index (χ0v) is 13.6. The molecular formula is C19H16N4O2. The first-order valence-corrected chi connectivity index (χ1v) is 7.89. The molecule has 2 aromatic carbocycles. The molecule has 124 valence electrons. The van der Waals surface area contributed by atoms with Crippen LogP contribution >= 0.6 is 0 Å². The molecule has 4 aromatic rings. The molecule has 0 bridgehead atoms. The van der Waals surface area contributed by atoms with Crippen LogP contribution in [0.2, 0.25) is 0 Å². The molecule has 0 atom stereocenters. The van der Waals surface area contributed by atoms with Crippen LogP contribution in [-0.2, 0) is 6.54 Å². The number of aromatic amines is 1. The smallest absolute Gasteiger partial charge is 0.262 e. The van der Waals surface area contributed by atoms with Gasteiger partial charge in [0.2, 0.25) is 0 Å². The van der Waals surface area contributed by atoms with Crippen LogP contribution in [0, 0.1) is 0 Å². The van der Waals surface area contributed by atoms with Crippen LogP contribution in [0.1, 0.15) is 5.56 Å². The Bertz CT molecular complexity index is 1080. The van der Waals surface area contributed by atoms with Crippen molar-refractivity contribution in [3.63, 3.8) is 0 Å². The maximum atomic E-state index is 12.4. The van der Waals surface area contributed by atoms with E-state index in [1.165, 1.54) is 6.33 Å². The molecule has 0 unspecified atom stereocenters. The third-order valence-corrected chi connectivity index (χ3v) is 4.05. The van der Waals surface area contributed by atoms with E-state index in [0.717, 1.165) is 11.1 Å². The molecule has 0 spiro atoms. The van der Waals surface area contributed by atoms with Crippen LogP contribution in [0.4, 0.5) is 0 Å².